The van der Waals surface area contributed by atoms with E-state index in [0.29, 0.717) is 44.1 Å². The molecule has 1 aliphatic carbocycles. The second-order valence-corrected chi connectivity index (χ2v) is 7.34. The van der Waals surface area contributed by atoms with Gasteiger partial charge < -0.3 is 9.47 Å². The van der Waals surface area contributed by atoms with Gasteiger partial charge in [-0.15, -0.1) is 0 Å². The zero-order valence-electron chi connectivity index (χ0n) is 17.7. The van der Waals surface area contributed by atoms with Gasteiger partial charge in [0.1, 0.15) is 11.7 Å². The first-order chi connectivity index (χ1) is 14.6. The van der Waals surface area contributed by atoms with Crippen LogP contribution in [0.3, 0.4) is 0 Å². The predicted molar refractivity (Wildman–Crippen MR) is 117 cm³/mol. The van der Waals surface area contributed by atoms with Crippen LogP contribution in [0.25, 0.3) is 0 Å². The van der Waals surface area contributed by atoms with Crippen molar-refractivity contribution in [2.24, 2.45) is 10.9 Å². The molecule has 158 valence electrons. The Morgan fingerprint density at radius 1 is 0.967 bits per heavy atom. The lowest BCUT2D eigenvalue weighted by Gasteiger charge is -2.22. The third-order valence-electron chi connectivity index (χ3n) is 5.13. The summed E-state index contributed by atoms with van der Waals surface area (Å²) < 4.78 is 11.3. The van der Waals surface area contributed by atoms with Crippen LogP contribution in [-0.2, 0) is 22.6 Å². The third kappa shape index (κ3) is 5.56. The van der Waals surface area contributed by atoms with Gasteiger partial charge >= 0.3 is 0 Å². The molecule has 0 aromatic heterocycles. The summed E-state index contributed by atoms with van der Waals surface area (Å²) in [5.74, 6) is 0.434. The minimum Gasteiger partial charge on any atom is -0.490 e. The smallest absolute Gasteiger partial charge is 0.161 e. The average molecular weight is 408 g/mol. The number of hydrogen-bond acceptors (Lipinski definition) is 5. The van der Waals surface area contributed by atoms with Crippen LogP contribution in [-0.4, -0.2) is 30.5 Å². The molecule has 1 saturated carbocycles. The van der Waals surface area contributed by atoms with E-state index in [0.717, 1.165) is 23.3 Å². The number of hydrogen-bond donors (Lipinski definition) is 0. The molecule has 0 N–H and O–H groups in total. The summed E-state index contributed by atoms with van der Waals surface area (Å²) in [5, 5.41) is 0. The number of benzene rings is 2. The molecule has 0 saturated heterocycles. The van der Waals surface area contributed by atoms with Crippen LogP contribution in [0.1, 0.15) is 44.2 Å². The minimum atomic E-state index is -0.732. The molecule has 30 heavy (non-hydrogen) atoms. The summed E-state index contributed by atoms with van der Waals surface area (Å²) in [4.78, 5) is 30.4. The van der Waals surface area contributed by atoms with Crippen molar-refractivity contribution in [2.45, 2.75) is 46.1 Å². The zero-order valence-corrected chi connectivity index (χ0v) is 17.7. The molecule has 1 aliphatic rings. The molecule has 0 amide bonds. The zero-order chi connectivity index (χ0) is 21.3. The number of carbonyl (C=O) groups is 2. The molecule has 1 fully saturated rings. The molecule has 5 nitrogen and oxygen atoms in total. The van der Waals surface area contributed by atoms with Crippen LogP contribution in [0.5, 0.6) is 11.5 Å². The van der Waals surface area contributed by atoms with E-state index in [9.17, 15) is 9.59 Å². The Morgan fingerprint density at radius 3 is 2.43 bits per heavy atom. The first-order valence-corrected chi connectivity index (χ1v) is 10.6. The Hall–Kier alpha value is -2.95. The lowest BCUT2D eigenvalue weighted by molar-refractivity contribution is -0.130. The highest BCUT2D eigenvalue weighted by atomic mass is 16.5. The van der Waals surface area contributed by atoms with Crippen molar-refractivity contribution in [3.05, 3.63) is 59.7 Å². The van der Waals surface area contributed by atoms with E-state index in [1.165, 1.54) is 0 Å². The molecule has 2 aromatic rings. The molecular formula is C25H29NO4. The number of Topliss-reactive ketones (excluding diaryl/α,β-unsaturated/α-hetero) is 2. The van der Waals surface area contributed by atoms with Crippen LogP contribution < -0.4 is 9.47 Å². The van der Waals surface area contributed by atoms with Crippen LogP contribution in [0.4, 0.5) is 0 Å². The highest BCUT2D eigenvalue weighted by molar-refractivity contribution is 6.22. The van der Waals surface area contributed by atoms with Crippen molar-refractivity contribution in [3.63, 3.8) is 0 Å². The van der Waals surface area contributed by atoms with Gasteiger partial charge in [0, 0.05) is 18.6 Å². The Balaban J connectivity index is 1.77. The van der Waals surface area contributed by atoms with Crippen molar-refractivity contribution in [1.82, 2.24) is 0 Å². The van der Waals surface area contributed by atoms with E-state index in [1.807, 2.05) is 62.4 Å². The lowest BCUT2D eigenvalue weighted by atomic mass is 9.81. The van der Waals surface area contributed by atoms with E-state index in [4.69, 9.17) is 9.47 Å². The maximum absolute atomic E-state index is 13.1. The predicted octanol–water partition coefficient (Wildman–Crippen LogP) is 4.61. The lowest BCUT2D eigenvalue weighted by Crippen LogP contribution is -2.36. The standard InChI is InChI=1S/C25H29NO4/c1-3-29-23-14-13-19(16-24(23)30-4-2)15-22(28)25-20(11-8-12-21(25)27)26-17-18-9-6-5-7-10-18/h5-7,9-10,13-14,16,25H,3-4,8,11-12,15,17H2,1-2H3/t25-/m0/s1. The number of aliphatic imine (C=N–C) groups is 1. The van der Waals surface area contributed by atoms with Crippen molar-refractivity contribution in [1.29, 1.82) is 0 Å². The van der Waals surface area contributed by atoms with E-state index >= 15 is 0 Å². The van der Waals surface area contributed by atoms with Crippen molar-refractivity contribution in [3.8, 4) is 11.5 Å². The Labute approximate surface area is 178 Å². The fourth-order valence-electron chi connectivity index (χ4n) is 3.74. The molecule has 3 rings (SSSR count). The fraction of sp³-hybridized carbons (Fsp3) is 0.400. The van der Waals surface area contributed by atoms with Gasteiger partial charge in [-0.3, -0.25) is 14.6 Å². The van der Waals surface area contributed by atoms with Crippen molar-refractivity contribution >= 4 is 17.3 Å². The van der Waals surface area contributed by atoms with E-state index < -0.39 is 5.92 Å². The van der Waals surface area contributed by atoms with Crippen LogP contribution >= 0.6 is 0 Å². The third-order valence-corrected chi connectivity index (χ3v) is 5.13. The molecule has 0 radical (unpaired) electrons. The topological polar surface area (TPSA) is 65.0 Å². The minimum absolute atomic E-state index is 0.0194. The molecule has 1 atom stereocenters. The second kappa shape index (κ2) is 10.7. The number of ether oxygens (including phenoxy) is 2. The summed E-state index contributed by atoms with van der Waals surface area (Å²) in [5.41, 5.74) is 2.60. The highest BCUT2D eigenvalue weighted by Gasteiger charge is 2.34. The molecule has 0 aliphatic heterocycles. The second-order valence-electron chi connectivity index (χ2n) is 7.34. The number of ketones is 2. The van der Waals surface area contributed by atoms with E-state index in [2.05, 4.69) is 4.99 Å². The highest BCUT2D eigenvalue weighted by Crippen LogP contribution is 2.30. The first-order valence-electron chi connectivity index (χ1n) is 10.6. The molecule has 0 spiro atoms. The van der Waals surface area contributed by atoms with Gasteiger partial charge in [0.2, 0.25) is 0 Å². The largest absolute Gasteiger partial charge is 0.490 e. The summed E-state index contributed by atoms with van der Waals surface area (Å²) in [6.07, 6.45) is 2.07. The van der Waals surface area contributed by atoms with Crippen molar-refractivity contribution in [2.75, 3.05) is 13.2 Å². The number of carbonyl (C=O) groups excluding carboxylic acids is 2. The monoisotopic (exact) mass is 407 g/mol. The molecule has 0 bridgehead atoms. The van der Waals surface area contributed by atoms with Gasteiger partial charge in [-0.1, -0.05) is 36.4 Å². The maximum atomic E-state index is 13.1. The van der Waals surface area contributed by atoms with Crippen molar-refractivity contribution < 1.29 is 19.1 Å². The van der Waals surface area contributed by atoms with Gasteiger partial charge in [0.25, 0.3) is 0 Å². The SMILES string of the molecule is CCOc1ccc(CC(=O)[C@@H]2C(=O)CCCC2=NCc2ccccc2)cc1OCC. The summed E-state index contributed by atoms with van der Waals surface area (Å²) >= 11 is 0. The van der Waals surface area contributed by atoms with Gasteiger partial charge in [-0.05, 0) is 49.9 Å². The van der Waals surface area contributed by atoms with Crippen LogP contribution in [0, 0.1) is 5.92 Å². The summed E-state index contributed by atoms with van der Waals surface area (Å²) in [6, 6.07) is 15.4. The average Bonchev–Trinajstić information content (AvgIpc) is 2.75. The Kier molecular flexibility index (Phi) is 7.77. The van der Waals surface area contributed by atoms with Crippen LogP contribution in [0.2, 0.25) is 0 Å². The Morgan fingerprint density at radius 2 is 1.70 bits per heavy atom. The van der Waals surface area contributed by atoms with Crippen LogP contribution in [0.15, 0.2) is 53.5 Å². The summed E-state index contributed by atoms with van der Waals surface area (Å²) in [7, 11) is 0. The Bertz CT molecular complexity index is 905. The molecule has 0 heterocycles. The normalized spacial score (nSPS) is 17.7. The number of rotatable bonds is 9. The molecule has 2 aromatic carbocycles. The maximum Gasteiger partial charge on any atom is 0.161 e. The van der Waals surface area contributed by atoms with Gasteiger partial charge in [-0.2, -0.15) is 0 Å². The van der Waals surface area contributed by atoms with E-state index in [1.54, 1.807) is 0 Å². The van der Waals surface area contributed by atoms with Gasteiger partial charge in [0.05, 0.1) is 19.8 Å². The molecular weight excluding hydrogens is 378 g/mol. The van der Waals surface area contributed by atoms with Gasteiger partial charge in [-0.25, -0.2) is 0 Å². The van der Waals surface area contributed by atoms with E-state index in [-0.39, 0.29) is 18.0 Å². The molecule has 5 heteroatoms. The quantitative estimate of drug-likeness (QED) is 0.570. The number of nitrogens with zero attached hydrogens (tertiary/aromatic N) is 1. The van der Waals surface area contributed by atoms with Gasteiger partial charge in [0.15, 0.2) is 17.3 Å². The summed E-state index contributed by atoms with van der Waals surface area (Å²) in [6.45, 7) is 5.36. The molecule has 0 unspecified atom stereocenters. The fourth-order valence-corrected chi connectivity index (χ4v) is 3.74. The first kappa shape index (κ1) is 21.8.